The Kier molecular flexibility index (Phi) is 5.06. The Hall–Kier alpha value is -3.09. The van der Waals surface area contributed by atoms with Gasteiger partial charge in [-0.3, -0.25) is 14.4 Å². The van der Waals surface area contributed by atoms with Gasteiger partial charge in [0.25, 0.3) is 5.91 Å². The minimum absolute atomic E-state index is 0.0779. The normalized spacial score (nSPS) is 14.3. The highest BCUT2D eigenvalue weighted by molar-refractivity contribution is 6.07. The number of rotatable bonds is 5. The molecule has 3 rings (SSSR count). The summed E-state index contributed by atoms with van der Waals surface area (Å²) in [5, 5.41) is 11.7. The molecule has 1 aromatic heterocycles. The van der Waals surface area contributed by atoms with E-state index in [1.165, 1.54) is 6.26 Å². The summed E-state index contributed by atoms with van der Waals surface area (Å²) in [6.07, 6.45) is 3.39. The van der Waals surface area contributed by atoms with Crippen molar-refractivity contribution in [1.29, 1.82) is 0 Å². The first-order valence-corrected chi connectivity index (χ1v) is 8.46. The number of carbonyl (C=O) groups is 3. The third kappa shape index (κ3) is 3.77. The third-order valence-corrected chi connectivity index (χ3v) is 4.33. The maximum atomic E-state index is 12.6. The maximum absolute atomic E-state index is 12.6. The van der Waals surface area contributed by atoms with Crippen molar-refractivity contribution in [3.8, 4) is 0 Å². The van der Waals surface area contributed by atoms with Crippen molar-refractivity contribution in [2.75, 3.05) is 16.8 Å². The molecule has 7 nitrogen and oxygen atoms in total. The van der Waals surface area contributed by atoms with Crippen LogP contribution in [0.5, 0.6) is 0 Å². The number of nitrogens with one attached hydrogen (secondary N) is 1. The van der Waals surface area contributed by atoms with Gasteiger partial charge in [-0.25, -0.2) is 0 Å². The Morgan fingerprint density at radius 3 is 2.85 bits per heavy atom. The first kappa shape index (κ1) is 17.7. The molecule has 0 saturated carbocycles. The average Bonchev–Trinajstić information content (AvgIpc) is 2.95. The van der Waals surface area contributed by atoms with Crippen molar-refractivity contribution in [2.45, 2.75) is 32.6 Å². The summed E-state index contributed by atoms with van der Waals surface area (Å²) in [7, 11) is 0. The number of nitrogens with zero attached hydrogens (tertiary/aromatic N) is 1. The molecule has 0 unspecified atom stereocenters. The van der Waals surface area contributed by atoms with E-state index in [2.05, 4.69) is 5.32 Å². The second-order valence-corrected chi connectivity index (χ2v) is 6.29. The smallest absolute Gasteiger partial charge is 0.311 e. The van der Waals surface area contributed by atoms with Crippen molar-refractivity contribution in [1.82, 2.24) is 0 Å². The molecule has 1 fully saturated rings. The molecule has 0 bridgehead atoms. The lowest BCUT2D eigenvalue weighted by Gasteiger charge is -2.27. The number of hydrogen-bond donors (Lipinski definition) is 2. The minimum atomic E-state index is -1.07. The summed E-state index contributed by atoms with van der Waals surface area (Å²) in [6, 6.07) is 7.07. The van der Waals surface area contributed by atoms with Crippen LogP contribution >= 0.6 is 0 Å². The van der Waals surface area contributed by atoms with E-state index in [1.807, 2.05) is 6.07 Å². The Morgan fingerprint density at radius 2 is 2.12 bits per heavy atom. The number of aliphatic carboxylic acids is 1. The van der Waals surface area contributed by atoms with E-state index in [9.17, 15) is 14.4 Å². The number of piperidine rings is 1. The van der Waals surface area contributed by atoms with Crippen LogP contribution in [0, 0.1) is 6.92 Å². The van der Waals surface area contributed by atoms with Gasteiger partial charge >= 0.3 is 5.97 Å². The summed E-state index contributed by atoms with van der Waals surface area (Å²) in [5.41, 5.74) is 2.07. The van der Waals surface area contributed by atoms with Gasteiger partial charge in [-0.2, -0.15) is 0 Å². The van der Waals surface area contributed by atoms with Crippen molar-refractivity contribution in [3.63, 3.8) is 0 Å². The molecule has 136 valence electrons. The number of amides is 2. The summed E-state index contributed by atoms with van der Waals surface area (Å²) in [6.45, 7) is 2.35. The van der Waals surface area contributed by atoms with E-state index < -0.39 is 11.9 Å². The second-order valence-electron chi connectivity index (χ2n) is 6.29. The average molecular weight is 356 g/mol. The van der Waals surface area contributed by atoms with Gasteiger partial charge in [-0.15, -0.1) is 0 Å². The zero-order valence-electron chi connectivity index (χ0n) is 14.4. The fourth-order valence-corrected chi connectivity index (χ4v) is 3.09. The van der Waals surface area contributed by atoms with Crippen LogP contribution in [0.4, 0.5) is 11.4 Å². The molecule has 1 aliphatic rings. The van der Waals surface area contributed by atoms with Crippen LogP contribution in [0.1, 0.15) is 40.9 Å². The summed E-state index contributed by atoms with van der Waals surface area (Å²) in [5.74, 6) is -1.31. The van der Waals surface area contributed by atoms with Gasteiger partial charge in [-0.05, 0) is 38.0 Å². The predicted molar refractivity (Wildman–Crippen MR) is 95.4 cm³/mol. The Labute approximate surface area is 150 Å². The molecule has 2 amide bonds. The van der Waals surface area contributed by atoms with E-state index in [4.69, 9.17) is 9.52 Å². The Morgan fingerprint density at radius 1 is 1.31 bits per heavy atom. The molecule has 0 spiro atoms. The van der Waals surface area contributed by atoms with E-state index in [-0.39, 0.29) is 23.7 Å². The van der Waals surface area contributed by atoms with Crippen LogP contribution in [-0.4, -0.2) is 29.4 Å². The van der Waals surface area contributed by atoms with E-state index in [1.54, 1.807) is 30.0 Å². The molecular formula is C19H20N2O5. The van der Waals surface area contributed by atoms with E-state index in [0.717, 1.165) is 18.5 Å². The van der Waals surface area contributed by atoms with Crippen molar-refractivity contribution >= 4 is 29.2 Å². The number of benzene rings is 1. The molecule has 0 radical (unpaired) electrons. The molecule has 1 saturated heterocycles. The monoisotopic (exact) mass is 356 g/mol. The number of furan rings is 1. The molecule has 1 aliphatic heterocycles. The van der Waals surface area contributed by atoms with Crippen LogP contribution in [-0.2, 0) is 16.0 Å². The largest absolute Gasteiger partial charge is 0.481 e. The van der Waals surface area contributed by atoms with Crippen LogP contribution in [0.3, 0.4) is 0 Å². The lowest BCUT2D eigenvalue weighted by atomic mass is 10.1. The van der Waals surface area contributed by atoms with Gasteiger partial charge in [0, 0.05) is 29.9 Å². The maximum Gasteiger partial charge on any atom is 0.311 e. The molecule has 0 atom stereocenters. The summed E-state index contributed by atoms with van der Waals surface area (Å²) < 4.78 is 5.20. The minimum Gasteiger partial charge on any atom is -0.481 e. The first-order chi connectivity index (χ1) is 12.5. The van der Waals surface area contributed by atoms with Crippen LogP contribution in [0.2, 0.25) is 0 Å². The summed E-state index contributed by atoms with van der Waals surface area (Å²) in [4.78, 5) is 37.3. The van der Waals surface area contributed by atoms with Crippen LogP contribution < -0.4 is 10.2 Å². The predicted octanol–water partition coefficient (Wildman–Crippen LogP) is 2.98. The highest BCUT2D eigenvalue weighted by Gasteiger charge is 2.22. The standard InChI is InChI=1S/C19H20N2O5/c1-12-11-26-15(10-17(23)24)18(12)19(25)20-13-5-4-6-14(9-13)21-8-3-2-7-16(21)22/h4-6,9,11H,2-3,7-8,10H2,1H3,(H,20,25)(H,23,24). The summed E-state index contributed by atoms with van der Waals surface area (Å²) >= 11 is 0. The molecular weight excluding hydrogens is 336 g/mol. The van der Waals surface area contributed by atoms with Crippen LogP contribution in [0.15, 0.2) is 34.9 Å². The number of hydrogen-bond acceptors (Lipinski definition) is 4. The van der Waals surface area contributed by atoms with Crippen molar-refractivity contribution < 1.29 is 23.9 Å². The topological polar surface area (TPSA) is 99.8 Å². The highest BCUT2D eigenvalue weighted by atomic mass is 16.4. The lowest BCUT2D eigenvalue weighted by molar-refractivity contribution is -0.136. The third-order valence-electron chi connectivity index (χ3n) is 4.33. The molecule has 1 aromatic carbocycles. The second kappa shape index (κ2) is 7.43. The van der Waals surface area contributed by atoms with Crippen molar-refractivity contribution in [2.24, 2.45) is 0 Å². The lowest BCUT2D eigenvalue weighted by Crippen LogP contribution is -2.35. The van der Waals surface area contributed by atoms with Crippen molar-refractivity contribution in [3.05, 3.63) is 47.4 Å². The Balaban J connectivity index is 1.80. The van der Waals surface area contributed by atoms with Gasteiger partial charge in [0.1, 0.15) is 12.2 Å². The fourth-order valence-electron chi connectivity index (χ4n) is 3.09. The van der Waals surface area contributed by atoms with E-state index in [0.29, 0.717) is 24.2 Å². The van der Waals surface area contributed by atoms with Gasteiger partial charge in [-0.1, -0.05) is 6.07 Å². The fraction of sp³-hybridized carbons (Fsp3) is 0.316. The van der Waals surface area contributed by atoms with Gasteiger partial charge < -0.3 is 19.7 Å². The molecule has 2 heterocycles. The number of aryl methyl sites for hydroxylation is 1. The number of carbonyl (C=O) groups excluding carboxylic acids is 2. The first-order valence-electron chi connectivity index (χ1n) is 8.46. The molecule has 26 heavy (non-hydrogen) atoms. The van der Waals surface area contributed by atoms with Crippen LogP contribution in [0.25, 0.3) is 0 Å². The number of anilines is 2. The highest BCUT2D eigenvalue weighted by Crippen LogP contribution is 2.25. The SMILES string of the molecule is Cc1coc(CC(=O)O)c1C(=O)Nc1cccc(N2CCCCC2=O)c1. The molecule has 2 aromatic rings. The van der Waals surface area contributed by atoms with Gasteiger partial charge in [0.15, 0.2) is 0 Å². The molecule has 7 heteroatoms. The van der Waals surface area contributed by atoms with Gasteiger partial charge in [0.2, 0.25) is 5.91 Å². The Bertz CT molecular complexity index is 855. The zero-order valence-corrected chi connectivity index (χ0v) is 14.4. The zero-order chi connectivity index (χ0) is 18.7. The number of carboxylic acids is 1. The molecule has 2 N–H and O–H groups in total. The number of carboxylic acid groups (broad SMARTS) is 1. The van der Waals surface area contributed by atoms with E-state index >= 15 is 0 Å². The quantitative estimate of drug-likeness (QED) is 0.858. The van der Waals surface area contributed by atoms with Gasteiger partial charge in [0.05, 0.1) is 11.8 Å². The molecule has 0 aliphatic carbocycles.